The Kier molecular flexibility index (Phi) is 3.06. The van der Waals surface area contributed by atoms with Crippen molar-refractivity contribution in [2.24, 2.45) is 0 Å². The van der Waals surface area contributed by atoms with Gasteiger partial charge in [-0.2, -0.15) is 0 Å². The molecule has 0 saturated heterocycles. The van der Waals surface area contributed by atoms with Crippen LogP contribution < -0.4 is 14.8 Å². The molecule has 0 saturated carbocycles. The summed E-state index contributed by atoms with van der Waals surface area (Å²) in [7, 11) is 0. The van der Waals surface area contributed by atoms with Crippen molar-refractivity contribution in [3.63, 3.8) is 0 Å². The molecule has 0 spiro atoms. The summed E-state index contributed by atoms with van der Waals surface area (Å²) in [5, 5.41) is 3.45. The minimum absolute atomic E-state index is 0.132. The molecular weight excluding hydrogens is 202 g/mol. The molecule has 0 amide bonds. The van der Waals surface area contributed by atoms with Crippen molar-refractivity contribution in [2.75, 3.05) is 13.2 Å². The van der Waals surface area contributed by atoms with Crippen LogP contribution in [0.2, 0.25) is 0 Å². The van der Waals surface area contributed by atoms with Crippen LogP contribution in [0.1, 0.15) is 26.3 Å². The molecule has 88 valence electrons. The van der Waals surface area contributed by atoms with E-state index >= 15 is 0 Å². The summed E-state index contributed by atoms with van der Waals surface area (Å²) in [6.45, 7) is 8.61. The van der Waals surface area contributed by atoms with Crippen LogP contribution in [0.15, 0.2) is 18.2 Å². The fraction of sp³-hybridized carbons (Fsp3) is 0.538. The average Bonchev–Trinajstić information content (AvgIpc) is 2.25. The molecule has 3 nitrogen and oxygen atoms in total. The second-order valence-corrected chi connectivity index (χ2v) is 5.08. The standard InChI is InChI=1S/C13H19NO2/c1-13(2,3)14-9-10-4-5-11-12(8-10)16-7-6-15-11/h4-5,8,14H,6-7,9H2,1-3H3. The van der Waals surface area contributed by atoms with Gasteiger partial charge in [-0.1, -0.05) is 6.07 Å². The molecule has 1 aromatic carbocycles. The predicted octanol–water partition coefficient (Wildman–Crippen LogP) is 2.35. The zero-order valence-corrected chi connectivity index (χ0v) is 10.2. The van der Waals surface area contributed by atoms with Gasteiger partial charge in [0.25, 0.3) is 0 Å². The zero-order valence-electron chi connectivity index (χ0n) is 10.2. The summed E-state index contributed by atoms with van der Waals surface area (Å²) in [6.07, 6.45) is 0. The van der Waals surface area contributed by atoms with Gasteiger partial charge in [-0.15, -0.1) is 0 Å². The SMILES string of the molecule is CC(C)(C)NCc1ccc2c(c1)OCCO2. The fourth-order valence-corrected chi connectivity index (χ4v) is 1.56. The zero-order chi connectivity index (χ0) is 11.6. The third kappa shape index (κ3) is 2.89. The Bertz CT molecular complexity index is 369. The van der Waals surface area contributed by atoms with Gasteiger partial charge >= 0.3 is 0 Å². The Balaban J connectivity index is 2.06. The minimum Gasteiger partial charge on any atom is -0.486 e. The second kappa shape index (κ2) is 4.34. The Labute approximate surface area is 96.8 Å². The third-order valence-electron chi connectivity index (χ3n) is 2.43. The summed E-state index contributed by atoms with van der Waals surface area (Å²) in [6, 6.07) is 6.10. The van der Waals surface area contributed by atoms with E-state index in [4.69, 9.17) is 9.47 Å². The smallest absolute Gasteiger partial charge is 0.161 e. The van der Waals surface area contributed by atoms with Crippen LogP contribution in [0.3, 0.4) is 0 Å². The Morgan fingerprint density at radius 2 is 1.81 bits per heavy atom. The first-order valence-electron chi connectivity index (χ1n) is 5.68. The lowest BCUT2D eigenvalue weighted by Gasteiger charge is -2.22. The van der Waals surface area contributed by atoms with E-state index in [-0.39, 0.29) is 5.54 Å². The molecule has 0 unspecified atom stereocenters. The van der Waals surface area contributed by atoms with Gasteiger partial charge in [0.1, 0.15) is 13.2 Å². The topological polar surface area (TPSA) is 30.5 Å². The quantitative estimate of drug-likeness (QED) is 0.831. The Morgan fingerprint density at radius 1 is 1.12 bits per heavy atom. The molecule has 16 heavy (non-hydrogen) atoms. The van der Waals surface area contributed by atoms with Crippen LogP contribution >= 0.6 is 0 Å². The lowest BCUT2D eigenvalue weighted by atomic mass is 10.1. The molecule has 0 aliphatic carbocycles. The first-order chi connectivity index (χ1) is 7.54. The maximum Gasteiger partial charge on any atom is 0.161 e. The molecule has 1 aliphatic heterocycles. The van der Waals surface area contributed by atoms with E-state index < -0.39 is 0 Å². The minimum atomic E-state index is 0.132. The summed E-state index contributed by atoms with van der Waals surface area (Å²) in [5.74, 6) is 1.71. The molecule has 1 heterocycles. The second-order valence-electron chi connectivity index (χ2n) is 5.08. The summed E-state index contributed by atoms with van der Waals surface area (Å²) in [5.41, 5.74) is 1.35. The van der Waals surface area contributed by atoms with Gasteiger partial charge in [0.2, 0.25) is 0 Å². The number of fused-ring (bicyclic) bond motifs is 1. The molecule has 0 radical (unpaired) electrons. The molecule has 0 bridgehead atoms. The van der Waals surface area contributed by atoms with Crippen molar-refractivity contribution in [1.29, 1.82) is 0 Å². The van der Waals surface area contributed by atoms with Gasteiger partial charge in [-0.05, 0) is 38.5 Å². The number of ether oxygens (including phenoxy) is 2. The molecule has 0 atom stereocenters. The Hall–Kier alpha value is -1.22. The normalized spacial score (nSPS) is 14.9. The lowest BCUT2D eigenvalue weighted by Crippen LogP contribution is -2.35. The van der Waals surface area contributed by atoms with E-state index in [1.54, 1.807) is 0 Å². The molecule has 3 heteroatoms. The highest BCUT2D eigenvalue weighted by molar-refractivity contribution is 5.43. The highest BCUT2D eigenvalue weighted by atomic mass is 16.6. The first-order valence-corrected chi connectivity index (χ1v) is 5.68. The van der Waals surface area contributed by atoms with Gasteiger partial charge in [-0.3, -0.25) is 0 Å². The monoisotopic (exact) mass is 221 g/mol. The largest absolute Gasteiger partial charge is 0.486 e. The van der Waals surface area contributed by atoms with Crippen molar-refractivity contribution in [1.82, 2.24) is 5.32 Å². The van der Waals surface area contributed by atoms with Gasteiger partial charge in [0.15, 0.2) is 11.5 Å². The molecular formula is C13H19NO2. The van der Waals surface area contributed by atoms with Crippen LogP contribution in [-0.4, -0.2) is 18.8 Å². The first kappa shape index (κ1) is 11.3. The summed E-state index contributed by atoms with van der Waals surface area (Å²) in [4.78, 5) is 0. The number of hydrogen-bond acceptors (Lipinski definition) is 3. The third-order valence-corrected chi connectivity index (χ3v) is 2.43. The fourth-order valence-electron chi connectivity index (χ4n) is 1.56. The molecule has 0 aromatic heterocycles. The van der Waals surface area contributed by atoms with Crippen LogP contribution in [-0.2, 0) is 6.54 Å². The van der Waals surface area contributed by atoms with Crippen molar-refractivity contribution in [3.8, 4) is 11.5 Å². The highest BCUT2D eigenvalue weighted by Crippen LogP contribution is 2.30. The van der Waals surface area contributed by atoms with Crippen molar-refractivity contribution in [3.05, 3.63) is 23.8 Å². The molecule has 1 aromatic rings. The molecule has 0 fully saturated rings. The van der Waals surface area contributed by atoms with Crippen LogP contribution in [0.4, 0.5) is 0 Å². The maximum atomic E-state index is 5.54. The summed E-state index contributed by atoms with van der Waals surface area (Å²) >= 11 is 0. The average molecular weight is 221 g/mol. The van der Waals surface area contributed by atoms with Crippen LogP contribution in [0.5, 0.6) is 11.5 Å². The van der Waals surface area contributed by atoms with E-state index in [9.17, 15) is 0 Å². The Morgan fingerprint density at radius 3 is 2.50 bits per heavy atom. The van der Waals surface area contributed by atoms with Crippen LogP contribution in [0.25, 0.3) is 0 Å². The van der Waals surface area contributed by atoms with E-state index in [0.29, 0.717) is 13.2 Å². The molecule has 1 aliphatic rings. The van der Waals surface area contributed by atoms with E-state index in [2.05, 4.69) is 32.2 Å². The summed E-state index contributed by atoms with van der Waals surface area (Å²) < 4.78 is 11.0. The number of benzene rings is 1. The predicted molar refractivity (Wildman–Crippen MR) is 64.0 cm³/mol. The van der Waals surface area contributed by atoms with E-state index in [1.165, 1.54) is 5.56 Å². The molecule has 2 rings (SSSR count). The van der Waals surface area contributed by atoms with Crippen LogP contribution in [0, 0.1) is 0 Å². The van der Waals surface area contributed by atoms with Gasteiger partial charge in [0.05, 0.1) is 0 Å². The van der Waals surface area contributed by atoms with E-state index in [1.807, 2.05) is 12.1 Å². The van der Waals surface area contributed by atoms with Gasteiger partial charge in [0, 0.05) is 12.1 Å². The van der Waals surface area contributed by atoms with Crippen molar-refractivity contribution in [2.45, 2.75) is 32.9 Å². The van der Waals surface area contributed by atoms with Crippen molar-refractivity contribution < 1.29 is 9.47 Å². The van der Waals surface area contributed by atoms with Crippen molar-refractivity contribution >= 4 is 0 Å². The van der Waals surface area contributed by atoms with Gasteiger partial charge < -0.3 is 14.8 Å². The lowest BCUT2D eigenvalue weighted by molar-refractivity contribution is 0.171. The number of nitrogens with one attached hydrogen (secondary N) is 1. The molecule has 1 N–H and O–H groups in total. The number of hydrogen-bond donors (Lipinski definition) is 1. The van der Waals surface area contributed by atoms with Gasteiger partial charge in [-0.25, -0.2) is 0 Å². The van der Waals surface area contributed by atoms with E-state index in [0.717, 1.165) is 18.0 Å². The highest BCUT2D eigenvalue weighted by Gasteiger charge is 2.13. The number of rotatable bonds is 2. The maximum absolute atomic E-state index is 5.54.